The predicted molar refractivity (Wildman–Crippen MR) is 83.0 cm³/mol. The fourth-order valence-electron chi connectivity index (χ4n) is 2.80. The molecule has 20 heavy (non-hydrogen) atoms. The molecule has 1 heterocycles. The number of imidazole rings is 1. The maximum Gasteiger partial charge on any atom is 0.329 e. The van der Waals surface area contributed by atoms with Gasteiger partial charge < -0.3 is 5.11 Å². The first-order valence-corrected chi connectivity index (χ1v) is 7.92. The van der Waals surface area contributed by atoms with Crippen molar-refractivity contribution < 1.29 is 5.11 Å². The number of nitrogens with zero attached hydrogens (tertiary/aromatic N) is 2. The molecular formula is C15H19BrN2O2. The predicted octanol–water partition coefficient (Wildman–Crippen LogP) is 2.92. The van der Waals surface area contributed by atoms with Gasteiger partial charge in [0.25, 0.3) is 0 Å². The number of hydrogen-bond acceptors (Lipinski definition) is 2. The number of rotatable bonds is 4. The van der Waals surface area contributed by atoms with Gasteiger partial charge in [-0.05, 0) is 43.4 Å². The Kier molecular flexibility index (Phi) is 3.73. The van der Waals surface area contributed by atoms with Crippen LogP contribution in [0.3, 0.4) is 0 Å². The van der Waals surface area contributed by atoms with E-state index in [0.29, 0.717) is 12.6 Å². The molecule has 2 aromatic rings. The molecule has 0 saturated heterocycles. The molecule has 0 aliphatic heterocycles. The van der Waals surface area contributed by atoms with Crippen molar-refractivity contribution in [3.8, 4) is 0 Å². The highest BCUT2D eigenvalue weighted by molar-refractivity contribution is 9.10. The lowest BCUT2D eigenvalue weighted by Crippen LogP contribution is -2.31. The molecule has 1 saturated carbocycles. The summed E-state index contributed by atoms with van der Waals surface area (Å²) < 4.78 is 4.72. The zero-order valence-corrected chi connectivity index (χ0v) is 13.1. The van der Waals surface area contributed by atoms with Gasteiger partial charge in [0.1, 0.15) is 0 Å². The van der Waals surface area contributed by atoms with Crippen molar-refractivity contribution in [1.82, 2.24) is 9.13 Å². The summed E-state index contributed by atoms with van der Waals surface area (Å²) in [6.07, 6.45) is 3.38. The van der Waals surface area contributed by atoms with Gasteiger partial charge in [-0.2, -0.15) is 0 Å². The second kappa shape index (κ2) is 5.37. The van der Waals surface area contributed by atoms with E-state index in [1.807, 2.05) is 29.7 Å². The molecule has 0 amide bonds. The van der Waals surface area contributed by atoms with Gasteiger partial charge >= 0.3 is 5.69 Å². The molecule has 1 N–H and O–H groups in total. The molecule has 1 atom stereocenters. The summed E-state index contributed by atoms with van der Waals surface area (Å²) in [5, 5.41) is 9.26. The summed E-state index contributed by atoms with van der Waals surface area (Å²) in [6, 6.07) is 6.34. The van der Waals surface area contributed by atoms with Crippen LogP contribution in [0.2, 0.25) is 0 Å². The van der Waals surface area contributed by atoms with Crippen LogP contribution in [0.25, 0.3) is 11.0 Å². The van der Waals surface area contributed by atoms with Crippen molar-refractivity contribution >= 4 is 27.0 Å². The van der Waals surface area contributed by atoms with Crippen LogP contribution < -0.4 is 5.69 Å². The van der Waals surface area contributed by atoms with Crippen LogP contribution in [-0.2, 0) is 6.54 Å². The van der Waals surface area contributed by atoms with Crippen molar-refractivity contribution in [2.75, 3.05) is 6.61 Å². The van der Waals surface area contributed by atoms with Crippen LogP contribution in [0.1, 0.15) is 32.2 Å². The third kappa shape index (κ3) is 2.23. The molecule has 5 heteroatoms. The standard InChI is InChI=1S/C15H19BrN2O2/c1-10(9-19)8-17-14-7-11(16)5-6-13(14)18(15(17)20)12-3-2-4-12/h5-7,10,12,19H,2-4,8-9H2,1H3. The normalized spacial score (nSPS) is 17.4. The van der Waals surface area contributed by atoms with E-state index < -0.39 is 0 Å². The van der Waals surface area contributed by atoms with E-state index in [0.717, 1.165) is 28.3 Å². The van der Waals surface area contributed by atoms with E-state index in [2.05, 4.69) is 15.9 Å². The number of halogens is 1. The highest BCUT2D eigenvalue weighted by Gasteiger charge is 2.25. The summed E-state index contributed by atoms with van der Waals surface area (Å²) >= 11 is 3.48. The van der Waals surface area contributed by atoms with Crippen LogP contribution >= 0.6 is 15.9 Å². The summed E-state index contributed by atoms with van der Waals surface area (Å²) in [6.45, 7) is 2.61. The number of aliphatic hydroxyl groups is 1. The molecule has 1 aliphatic rings. The molecule has 1 aliphatic carbocycles. The zero-order chi connectivity index (χ0) is 14.3. The van der Waals surface area contributed by atoms with E-state index in [9.17, 15) is 9.90 Å². The number of aliphatic hydroxyl groups excluding tert-OH is 1. The van der Waals surface area contributed by atoms with Crippen molar-refractivity contribution in [2.45, 2.75) is 38.8 Å². The van der Waals surface area contributed by atoms with E-state index in [1.165, 1.54) is 6.42 Å². The first-order valence-electron chi connectivity index (χ1n) is 7.13. The smallest absolute Gasteiger partial charge is 0.329 e. The minimum absolute atomic E-state index is 0.0584. The number of aromatic nitrogens is 2. The average molecular weight is 339 g/mol. The molecular weight excluding hydrogens is 320 g/mol. The average Bonchev–Trinajstić information content (AvgIpc) is 2.62. The van der Waals surface area contributed by atoms with Gasteiger partial charge in [0, 0.05) is 23.7 Å². The maximum atomic E-state index is 12.7. The van der Waals surface area contributed by atoms with Crippen molar-refractivity contribution in [3.05, 3.63) is 33.2 Å². The second-order valence-electron chi connectivity index (χ2n) is 5.77. The molecule has 1 aromatic carbocycles. The van der Waals surface area contributed by atoms with Crippen LogP contribution in [0.5, 0.6) is 0 Å². The zero-order valence-electron chi connectivity index (χ0n) is 11.6. The van der Waals surface area contributed by atoms with Gasteiger partial charge in [-0.25, -0.2) is 4.79 Å². The lowest BCUT2D eigenvalue weighted by Gasteiger charge is -2.26. The van der Waals surface area contributed by atoms with Crippen LogP contribution in [0, 0.1) is 5.92 Å². The SMILES string of the molecule is CC(CO)Cn1c(=O)n(C2CCC2)c2ccc(Br)cc21. The molecule has 0 radical (unpaired) electrons. The topological polar surface area (TPSA) is 47.2 Å². The lowest BCUT2D eigenvalue weighted by molar-refractivity contribution is 0.221. The molecule has 1 fully saturated rings. The fraction of sp³-hybridized carbons (Fsp3) is 0.533. The van der Waals surface area contributed by atoms with Crippen molar-refractivity contribution in [3.63, 3.8) is 0 Å². The molecule has 108 valence electrons. The number of fused-ring (bicyclic) bond motifs is 1. The Bertz CT molecular complexity index is 685. The lowest BCUT2D eigenvalue weighted by atomic mass is 9.93. The number of hydrogen-bond donors (Lipinski definition) is 1. The van der Waals surface area contributed by atoms with Gasteiger partial charge in [-0.15, -0.1) is 0 Å². The van der Waals surface area contributed by atoms with Crippen molar-refractivity contribution in [2.24, 2.45) is 5.92 Å². The molecule has 1 unspecified atom stereocenters. The van der Waals surface area contributed by atoms with Crippen LogP contribution in [0.15, 0.2) is 27.5 Å². The van der Waals surface area contributed by atoms with Gasteiger partial charge in [0.2, 0.25) is 0 Å². The molecule has 4 nitrogen and oxygen atoms in total. The summed E-state index contributed by atoms with van der Waals surface area (Å²) in [5.74, 6) is 0.0760. The highest BCUT2D eigenvalue weighted by atomic mass is 79.9. The van der Waals surface area contributed by atoms with Crippen LogP contribution in [0.4, 0.5) is 0 Å². The minimum Gasteiger partial charge on any atom is -0.396 e. The molecule has 1 aromatic heterocycles. The quantitative estimate of drug-likeness (QED) is 0.931. The monoisotopic (exact) mass is 338 g/mol. The molecule has 0 spiro atoms. The third-order valence-electron chi connectivity index (χ3n) is 4.17. The summed E-state index contributed by atoms with van der Waals surface area (Å²) in [7, 11) is 0. The van der Waals surface area contributed by atoms with E-state index >= 15 is 0 Å². The Morgan fingerprint density at radius 2 is 2.15 bits per heavy atom. The Morgan fingerprint density at radius 1 is 1.40 bits per heavy atom. The Labute approximate surface area is 126 Å². The fourth-order valence-corrected chi connectivity index (χ4v) is 3.15. The third-order valence-corrected chi connectivity index (χ3v) is 4.66. The first kappa shape index (κ1) is 13.9. The van der Waals surface area contributed by atoms with Crippen LogP contribution in [-0.4, -0.2) is 20.8 Å². The summed E-state index contributed by atoms with van der Waals surface area (Å²) in [5.41, 5.74) is 2.02. The van der Waals surface area contributed by atoms with E-state index in [4.69, 9.17) is 0 Å². The first-order chi connectivity index (χ1) is 9.61. The van der Waals surface area contributed by atoms with Gasteiger partial charge in [0.05, 0.1) is 11.0 Å². The Morgan fingerprint density at radius 3 is 2.75 bits per heavy atom. The maximum absolute atomic E-state index is 12.7. The van der Waals surface area contributed by atoms with Gasteiger partial charge in [-0.3, -0.25) is 9.13 Å². The Hall–Kier alpha value is -1.07. The highest BCUT2D eigenvalue weighted by Crippen LogP contribution is 2.33. The minimum atomic E-state index is 0.0584. The molecule has 0 bridgehead atoms. The van der Waals surface area contributed by atoms with Crippen molar-refractivity contribution in [1.29, 1.82) is 0 Å². The largest absolute Gasteiger partial charge is 0.396 e. The van der Waals surface area contributed by atoms with E-state index in [1.54, 1.807) is 4.57 Å². The van der Waals surface area contributed by atoms with Gasteiger partial charge in [0.15, 0.2) is 0 Å². The van der Waals surface area contributed by atoms with E-state index in [-0.39, 0.29) is 18.2 Å². The second-order valence-corrected chi connectivity index (χ2v) is 6.68. The Balaban J connectivity index is 2.19. The van der Waals surface area contributed by atoms with Gasteiger partial charge in [-0.1, -0.05) is 22.9 Å². The summed E-state index contributed by atoms with van der Waals surface area (Å²) in [4.78, 5) is 12.7. The number of benzene rings is 1. The molecule has 3 rings (SSSR count).